The molecule has 1 saturated heterocycles. The van der Waals surface area contributed by atoms with Gasteiger partial charge in [0.15, 0.2) is 0 Å². The summed E-state index contributed by atoms with van der Waals surface area (Å²) < 4.78 is 5.45. The van der Waals surface area contributed by atoms with Crippen molar-refractivity contribution in [3.63, 3.8) is 0 Å². The number of anilines is 3. The lowest BCUT2D eigenvalue weighted by Gasteiger charge is -2.34. The van der Waals surface area contributed by atoms with Crippen LogP contribution in [-0.2, 0) is 0 Å². The zero-order valence-electron chi connectivity index (χ0n) is 15.4. The first kappa shape index (κ1) is 18.1. The highest BCUT2D eigenvalue weighted by atomic mass is 16.5. The van der Waals surface area contributed by atoms with Gasteiger partial charge in [-0.05, 0) is 50.4 Å². The van der Waals surface area contributed by atoms with Crippen LogP contribution < -0.4 is 20.7 Å². The Kier molecular flexibility index (Phi) is 5.63. The van der Waals surface area contributed by atoms with Gasteiger partial charge in [0, 0.05) is 37.4 Å². The summed E-state index contributed by atoms with van der Waals surface area (Å²) in [6, 6.07) is 12.8. The lowest BCUT2D eigenvalue weighted by molar-refractivity contribution is 0.102. The van der Waals surface area contributed by atoms with Gasteiger partial charge in [-0.2, -0.15) is 0 Å². The summed E-state index contributed by atoms with van der Waals surface area (Å²) in [5.74, 6) is 0.503. The van der Waals surface area contributed by atoms with Gasteiger partial charge in [0.05, 0.1) is 18.0 Å². The largest absolute Gasteiger partial charge is 0.494 e. The molecule has 138 valence electrons. The fraction of sp³-hybridized carbons (Fsp3) is 0.350. The zero-order chi connectivity index (χ0) is 18.5. The van der Waals surface area contributed by atoms with E-state index in [0.29, 0.717) is 29.3 Å². The Morgan fingerprint density at radius 2 is 1.92 bits per heavy atom. The molecule has 0 aromatic heterocycles. The normalized spacial score (nSPS) is 14.9. The number of piperazine rings is 1. The number of carbonyl (C=O) groups excluding carboxylic acids is 1. The van der Waals surface area contributed by atoms with Gasteiger partial charge in [-0.3, -0.25) is 4.79 Å². The van der Waals surface area contributed by atoms with E-state index in [4.69, 9.17) is 10.5 Å². The molecule has 2 aromatic carbocycles. The quantitative estimate of drug-likeness (QED) is 0.808. The van der Waals surface area contributed by atoms with Crippen molar-refractivity contribution in [2.45, 2.75) is 6.92 Å². The van der Waals surface area contributed by atoms with Crippen molar-refractivity contribution in [1.82, 2.24) is 4.90 Å². The molecule has 1 fully saturated rings. The van der Waals surface area contributed by atoms with Gasteiger partial charge in [0.1, 0.15) is 5.75 Å². The number of hydrogen-bond donors (Lipinski definition) is 2. The van der Waals surface area contributed by atoms with Crippen LogP contribution in [0.25, 0.3) is 0 Å². The van der Waals surface area contributed by atoms with Crippen LogP contribution in [-0.4, -0.2) is 50.6 Å². The number of ether oxygens (including phenoxy) is 1. The molecule has 0 bridgehead atoms. The Hall–Kier alpha value is -2.73. The van der Waals surface area contributed by atoms with Gasteiger partial charge in [-0.15, -0.1) is 0 Å². The second kappa shape index (κ2) is 8.10. The van der Waals surface area contributed by atoms with E-state index in [-0.39, 0.29) is 5.91 Å². The molecule has 1 aliphatic heterocycles. The van der Waals surface area contributed by atoms with Crippen molar-refractivity contribution in [2.24, 2.45) is 0 Å². The Labute approximate surface area is 154 Å². The third kappa shape index (κ3) is 4.26. The highest BCUT2D eigenvalue weighted by Gasteiger charge is 2.17. The molecule has 0 saturated carbocycles. The summed E-state index contributed by atoms with van der Waals surface area (Å²) >= 11 is 0. The number of nitrogens with two attached hydrogens (primary N) is 1. The molecule has 0 spiro atoms. The third-order valence-corrected chi connectivity index (χ3v) is 4.54. The van der Waals surface area contributed by atoms with Crippen LogP contribution in [0.5, 0.6) is 5.75 Å². The molecule has 1 heterocycles. The Morgan fingerprint density at radius 3 is 2.62 bits per heavy atom. The first-order chi connectivity index (χ1) is 12.6. The smallest absolute Gasteiger partial charge is 0.255 e. The number of nitrogens with zero attached hydrogens (tertiary/aromatic N) is 2. The van der Waals surface area contributed by atoms with Crippen molar-refractivity contribution in [3.8, 4) is 5.75 Å². The van der Waals surface area contributed by atoms with E-state index in [2.05, 4.69) is 22.2 Å². The standard InChI is InChI=1S/C20H26N4O2/c1-3-26-17-6-4-5-15(13-17)20(25)22-16-7-8-19(18(21)14-16)24-11-9-23(2)10-12-24/h4-8,13-14H,3,9-12,21H2,1-2H3,(H,22,25). The molecule has 26 heavy (non-hydrogen) atoms. The summed E-state index contributed by atoms with van der Waals surface area (Å²) in [7, 11) is 2.12. The molecule has 0 radical (unpaired) electrons. The lowest BCUT2D eigenvalue weighted by Crippen LogP contribution is -2.44. The van der Waals surface area contributed by atoms with E-state index in [9.17, 15) is 4.79 Å². The highest BCUT2D eigenvalue weighted by Crippen LogP contribution is 2.27. The second-order valence-electron chi connectivity index (χ2n) is 6.48. The van der Waals surface area contributed by atoms with Gasteiger partial charge in [0.2, 0.25) is 0 Å². The average Bonchev–Trinajstić information content (AvgIpc) is 2.63. The molecule has 3 rings (SSSR count). The molecule has 0 atom stereocenters. The van der Waals surface area contributed by atoms with Crippen molar-refractivity contribution >= 4 is 23.0 Å². The third-order valence-electron chi connectivity index (χ3n) is 4.54. The molecule has 6 nitrogen and oxygen atoms in total. The van der Waals surface area contributed by atoms with Crippen LogP contribution in [0.15, 0.2) is 42.5 Å². The fourth-order valence-electron chi connectivity index (χ4n) is 3.06. The van der Waals surface area contributed by atoms with Crippen LogP contribution in [0, 0.1) is 0 Å². The molecular weight excluding hydrogens is 328 g/mol. The van der Waals surface area contributed by atoms with Crippen LogP contribution in [0.4, 0.5) is 17.1 Å². The first-order valence-electron chi connectivity index (χ1n) is 8.94. The first-order valence-corrected chi connectivity index (χ1v) is 8.94. The van der Waals surface area contributed by atoms with Crippen LogP contribution in [0.1, 0.15) is 17.3 Å². The van der Waals surface area contributed by atoms with Crippen molar-refractivity contribution in [2.75, 3.05) is 55.8 Å². The van der Waals surface area contributed by atoms with E-state index >= 15 is 0 Å². The molecule has 3 N–H and O–H groups in total. The number of hydrogen-bond acceptors (Lipinski definition) is 5. The topological polar surface area (TPSA) is 70.8 Å². The minimum absolute atomic E-state index is 0.182. The summed E-state index contributed by atoms with van der Waals surface area (Å²) in [4.78, 5) is 17.1. The van der Waals surface area contributed by atoms with E-state index in [0.717, 1.165) is 31.9 Å². The highest BCUT2D eigenvalue weighted by molar-refractivity contribution is 6.04. The Balaban J connectivity index is 1.69. The van der Waals surface area contributed by atoms with Crippen molar-refractivity contribution < 1.29 is 9.53 Å². The predicted molar refractivity (Wildman–Crippen MR) is 106 cm³/mol. The average molecular weight is 354 g/mol. The Bertz CT molecular complexity index is 770. The summed E-state index contributed by atoms with van der Waals surface area (Å²) in [5.41, 5.74) is 9.18. The number of nitrogens with one attached hydrogen (secondary N) is 1. The maximum absolute atomic E-state index is 12.5. The van der Waals surface area contributed by atoms with Gasteiger partial charge >= 0.3 is 0 Å². The zero-order valence-corrected chi connectivity index (χ0v) is 15.4. The van der Waals surface area contributed by atoms with Crippen molar-refractivity contribution in [1.29, 1.82) is 0 Å². The maximum Gasteiger partial charge on any atom is 0.255 e. The number of likely N-dealkylation sites (N-methyl/N-ethyl adjacent to an activating group) is 1. The monoisotopic (exact) mass is 354 g/mol. The molecule has 0 aliphatic carbocycles. The molecule has 6 heteroatoms. The van der Waals surface area contributed by atoms with Crippen LogP contribution >= 0.6 is 0 Å². The second-order valence-corrected chi connectivity index (χ2v) is 6.48. The van der Waals surface area contributed by atoms with Crippen LogP contribution in [0.3, 0.4) is 0 Å². The number of rotatable bonds is 5. The number of amides is 1. The number of carbonyl (C=O) groups is 1. The number of benzene rings is 2. The van der Waals surface area contributed by atoms with E-state index in [1.807, 2.05) is 37.3 Å². The van der Waals surface area contributed by atoms with Crippen LogP contribution in [0.2, 0.25) is 0 Å². The van der Waals surface area contributed by atoms with E-state index in [1.165, 1.54) is 0 Å². The minimum Gasteiger partial charge on any atom is -0.494 e. The summed E-state index contributed by atoms with van der Waals surface area (Å²) in [5, 5.41) is 2.90. The SMILES string of the molecule is CCOc1cccc(C(=O)Nc2ccc(N3CCN(C)CC3)c(N)c2)c1. The van der Waals surface area contributed by atoms with E-state index in [1.54, 1.807) is 12.1 Å². The van der Waals surface area contributed by atoms with Gasteiger partial charge in [-0.1, -0.05) is 6.07 Å². The Morgan fingerprint density at radius 1 is 1.15 bits per heavy atom. The lowest BCUT2D eigenvalue weighted by atomic mass is 10.1. The molecule has 1 aliphatic rings. The summed E-state index contributed by atoms with van der Waals surface area (Å²) in [6.07, 6.45) is 0. The van der Waals surface area contributed by atoms with Gasteiger partial charge in [-0.25, -0.2) is 0 Å². The minimum atomic E-state index is -0.182. The molecular formula is C20H26N4O2. The maximum atomic E-state index is 12.5. The predicted octanol–water partition coefficient (Wildman–Crippen LogP) is 2.67. The molecule has 2 aromatic rings. The summed E-state index contributed by atoms with van der Waals surface area (Å²) in [6.45, 7) is 6.43. The number of nitrogen functional groups attached to an aromatic ring is 1. The van der Waals surface area contributed by atoms with E-state index < -0.39 is 0 Å². The molecule has 1 amide bonds. The van der Waals surface area contributed by atoms with Crippen molar-refractivity contribution in [3.05, 3.63) is 48.0 Å². The van der Waals surface area contributed by atoms with Gasteiger partial charge < -0.3 is 25.6 Å². The molecule has 0 unspecified atom stereocenters. The fourth-order valence-corrected chi connectivity index (χ4v) is 3.06. The van der Waals surface area contributed by atoms with Gasteiger partial charge in [0.25, 0.3) is 5.91 Å².